The molecule has 3 nitrogen and oxygen atoms in total. The van der Waals surface area contributed by atoms with E-state index in [1.54, 1.807) is 18.2 Å². The number of nitrogens with one attached hydrogen (secondary N) is 1. The van der Waals surface area contributed by atoms with E-state index in [2.05, 4.69) is 11.9 Å². The summed E-state index contributed by atoms with van der Waals surface area (Å²) in [6.45, 7) is 4.43. The summed E-state index contributed by atoms with van der Waals surface area (Å²) in [5.41, 5.74) is 0. The van der Waals surface area contributed by atoms with Crippen LogP contribution in [0.25, 0.3) is 0 Å². The van der Waals surface area contributed by atoms with Crippen LogP contribution in [0.4, 0.5) is 0 Å². The van der Waals surface area contributed by atoms with Crippen molar-refractivity contribution in [1.82, 2.24) is 5.32 Å². The van der Waals surface area contributed by atoms with E-state index in [-0.39, 0.29) is 6.61 Å². The van der Waals surface area contributed by atoms with Gasteiger partial charge in [0.2, 0.25) is 0 Å². The van der Waals surface area contributed by atoms with Gasteiger partial charge in [0.1, 0.15) is 18.5 Å². The Kier molecular flexibility index (Phi) is 6.82. The van der Waals surface area contributed by atoms with E-state index in [0.717, 1.165) is 0 Å². The van der Waals surface area contributed by atoms with E-state index >= 15 is 0 Å². The highest BCUT2D eigenvalue weighted by atomic mass is 35.5. The lowest BCUT2D eigenvalue weighted by molar-refractivity contribution is 0.107. The number of hydrogen-bond acceptors (Lipinski definition) is 3. The van der Waals surface area contributed by atoms with Crippen molar-refractivity contribution >= 4 is 34.8 Å². The van der Waals surface area contributed by atoms with Gasteiger partial charge in [-0.1, -0.05) is 41.4 Å². The Morgan fingerprint density at radius 1 is 1.44 bits per heavy atom. The van der Waals surface area contributed by atoms with Crippen LogP contribution in [-0.4, -0.2) is 30.9 Å². The molecule has 100 valence electrons. The second kappa shape index (κ2) is 7.87. The minimum atomic E-state index is -0.670. The van der Waals surface area contributed by atoms with Crippen LogP contribution in [0.15, 0.2) is 29.8 Å². The topological polar surface area (TPSA) is 41.5 Å². The fourth-order valence-corrected chi connectivity index (χ4v) is 1.64. The van der Waals surface area contributed by atoms with Crippen LogP contribution in [0.5, 0.6) is 5.75 Å². The molecule has 0 heterocycles. The van der Waals surface area contributed by atoms with Crippen LogP contribution in [-0.2, 0) is 0 Å². The van der Waals surface area contributed by atoms with Crippen molar-refractivity contribution in [1.29, 1.82) is 0 Å². The SMILES string of the molecule is C=C(Cl)CNCC(O)COc1cc(Cl)ccc1Cl. The van der Waals surface area contributed by atoms with Crippen molar-refractivity contribution in [2.45, 2.75) is 6.10 Å². The molecular weight excluding hydrogens is 296 g/mol. The molecule has 1 aromatic rings. The normalized spacial score (nSPS) is 12.2. The molecule has 0 aliphatic carbocycles. The quantitative estimate of drug-likeness (QED) is 0.813. The zero-order valence-electron chi connectivity index (χ0n) is 9.63. The monoisotopic (exact) mass is 309 g/mol. The number of ether oxygens (including phenoxy) is 1. The van der Waals surface area contributed by atoms with Gasteiger partial charge in [-0.25, -0.2) is 0 Å². The zero-order chi connectivity index (χ0) is 13.5. The Morgan fingerprint density at radius 2 is 2.17 bits per heavy atom. The highest BCUT2D eigenvalue weighted by Crippen LogP contribution is 2.27. The lowest BCUT2D eigenvalue weighted by Crippen LogP contribution is -2.32. The van der Waals surface area contributed by atoms with Gasteiger partial charge in [0.25, 0.3) is 0 Å². The maximum absolute atomic E-state index is 9.65. The first-order valence-corrected chi connectivity index (χ1v) is 6.42. The maximum Gasteiger partial charge on any atom is 0.139 e. The Morgan fingerprint density at radius 3 is 2.83 bits per heavy atom. The van der Waals surface area contributed by atoms with Crippen molar-refractivity contribution in [3.8, 4) is 5.75 Å². The van der Waals surface area contributed by atoms with Gasteiger partial charge in [0.05, 0.1) is 5.02 Å². The molecule has 0 saturated carbocycles. The summed E-state index contributed by atoms with van der Waals surface area (Å²) in [7, 11) is 0. The third-order valence-corrected chi connectivity index (χ3v) is 2.70. The van der Waals surface area contributed by atoms with E-state index in [9.17, 15) is 5.11 Å². The summed E-state index contributed by atoms with van der Waals surface area (Å²) < 4.78 is 5.38. The van der Waals surface area contributed by atoms with Gasteiger partial charge in [-0.15, -0.1) is 0 Å². The van der Waals surface area contributed by atoms with Gasteiger partial charge in [0, 0.05) is 29.2 Å². The van der Waals surface area contributed by atoms with Crippen LogP contribution >= 0.6 is 34.8 Å². The Bertz CT molecular complexity index is 412. The van der Waals surface area contributed by atoms with Crippen LogP contribution in [0.2, 0.25) is 10.0 Å². The number of rotatable bonds is 7. The molecule has 2 N–H and O–H groups in total. The van der Waals surface area contributed by atoms with E-state index in [4.69, 9.17) is 39.5 Å². The molecule has 0 radical (unpaired) electrons. The first-order chi connectivity index (χ1) is 8.49. The van der Waals surface area contributed by atoms with Crippen LogP contribution < -0.4 is 10.1 Å². The van der Waals surface area contributed by atoms with E-state index in [1.165, 1.54) is 0 Å². The van der Waals surface area contributed by atoms with Crippen LogP contribution in [0.1, 0.15) is 0 Å². The second-order valence-corrected chi connectivity index (χ2v) is 5.07. The molecule has 0 aliphatic rings. The lowest BCUT2D eigenvalue weighted by atomic mass is 10.3. The average Bonchev–Trinajstić information content (AvgIpc) is 2.30. The fourth-order valence-electron chi connectivity index (χ4n) is 1.21. The van der Waals surface area contributed by atoms with Crippen molar-refractivity contribution in [2.24, 2.45) is 0 Å². The van der Waals surface area contributed by atoms with Gasteiger partial charge < -0.3 is 15.2 Å². The summed E-state index contributed by atoms with van der Waals surface area (Å²) in [6.07, 6.45) is -0.670. The van der Waals surface area contributed by atoms with E-state index in [1.807, 2.05) is 0 Å². The lowest BCUT2D eigenvalue weighted by Gasteiger charge is -2.14. The summed E-state index contributed by atoms with van der Waals surface area (Å²) in [4.78, 5) is 0. The molecule has 0 amide bonds. The maximum atomic E-state index is 9.65. The number of aliphatic hydroxyl groups excluding tert-OH is 1. The first-order valence-electron chi connectivity index (χ1n) is 5.29. The minimum Gasteiger partial charge on any atom is -0.489 e. The highest BCUT2D eigenvalue weighted by Gasteiger charge is 2.07. The predicted octanol–water partition coefficient (Wildman–Crippen LogP) is 3.08. The number of halogens is 3. The van der Waals surface area contributed by atoms with Gasteiger partial charge in [0.15, 0.2) is 0 Å². The Hall–Kier alpha value is -0.450. The average molecular weight is 311 g/mol. The van der Waals surface area contributed by atoms with Gasteiger partial charge in [-0.05, 0) is 12.1 Å². The smallest absolute Gasteiger partial charge is 0.139 e. The van der Waals surface area contributed by atoms with Crippen molar-refractivity contribution < 1.29 is 9.84 Å². The minimum absolute atomic E-state index is 0.113. The molecule has 0 saturated heterocycles. The third kappa shape index (κ3) is 5.94. The summed E-state index contributed by atoms with van der Waals surface area (Å²) in [6, 6.07) is 4.91. The molecule has 0 aliphatic heterocycles. The summed E-state index contributed by atoms with van der Waals surface area (Å²) in [5.74, 6) is 0.449. The molecule has 0 fully saturated rings. The van der Waals surface area contributed by atoms with Crippen LogP contribution in [0, 0.1) is 0 Å². The van der Waals surface area contributed by atoms with Crippen molar-refractivity contribution in [3.63, 3.8) is 0 Å². The fraction of sp³-hybridized carbons (Fsp3) is 0.333. The van der Waals surface area contributed by atoms with Gasteiger partial charge in [-0.2, -0.15) is 0 Å². The van der Waals surface area contributed by atoms with E-state index < -0.39 is 6.10 Å². The number of aliphatic hydroxyl groups is 1. The van der Waals surface area contributed by atoms with Crippen molar-refractivity contribution in [3.05, 3.63) is 39.9 Å². The van der Waals surface area contributed by atoms with Gasteiger partial charge >= 0.3 is 0 Å². The summed E-state index contributed by atoms with van der Waals surface area (Å²) in [5, 5.41) is 14.0. The molecule has 0 aromatic heterocycles. The molecular formula is C12H14Cl3NO2. The zero-order valence-corrected chi connectivity index (χ0v) is 11.9. The molecule has 0 spiro atoms. The molecule has 1 unspecified atom stereocenters. The highest BCUT2D eigenvalue weighted by molar-refractivity contribution is 6.34. The molecule has 1 atom stereocenters. The van der Waals surface area contributed by atoms with Gasteiger partial charge in [-0.3, -0.25) is 0 Å². The number of hydrogen-bond donors (Lipinski definition) is 2. The molecule has 1 aromatic carbocycles. The number of benzene rings is 1. The largest absolute Gasteiger partial charge is 0.489 e. The standard InChI is InChI=1S/C12H14Cl3NO2/c1-8(13)5-16-6-10(17)7-18-12-4-9(14)2-3-11(12)15/h2-4,10,16-17H,1,5-7H2. The molecule has 6 heteroatoms. The van der Waals surface area contributed by atoms with Crippen molar-refractivity contribution in [2.75, 3.05) is 19.7 Å². The summed E-state index contributed by atoms with van der Waals surface area (Å²) >= 11 is 17.3. The molecule has 18 heavy (non-hydrogen) atoms. The molecule has 0 bridgehead atoms. The van der Waals surface area contributed by atoms with E-state index in [0.29, 0.717) is 33.9 Å². The molecule has 1 rings (SSSR count). The Balaban J connectivity index is 2.35. The van der Waals surface area contributed by atoms with Crippen LogP contribution in [0.3, 0.4) is 0 Å². The third-order valence-electron chi connectivity index (χ3n) is 2.02. The predicted molar refractivity (Wildman–Crippen MR) is 75.8 cm³/mol. The Labute approximate surface area is 121 Å². The second-order valence-electron chi connectivity index (χ2n) is 3.69. The first kappa shape index (κ1) is 15.6.